The van der Waals surface area contributed by atoms with Gasteiger partial charge in [-0.3, -0.25) is 0 Å². The first-order valence-electron chi connectivity index (χ1n) is 7.73. The van der Waals surface area contributed by atoms with Crippen LogP contribution < -0.4 is 10.1 Å². The van der Waals surface area contributed by atoms with Crippen molar-refractivity contribution in [3.05, 3.63) is 29.6 Å². The zero-order valence-corrected chi connectivity index (χ0v) is 12.8. The molecule has 0 aliphatic heterocycles. The summed E-state index contributed by atoms with van der Waals surface area (Å²) in [5.74, 6) is 1.84. The van der Waals surface area contributed by atoms with Crippen molar-refractivity contribution in [3.63, 3.8) is 0 Å². The first-order valence-corrected chi connectivity index (χ1v) is 7.73. The van der Waals surface area contributed by atoms with E-state index in [0.29, 0.717) is 24.1 Å². The van der Waals surface area contributed by atoms with Gasteiger partial charge in [-0.2, -0.15) is 0 Å². The number of hydrogen-bond donors (Lipinski definition) is 1. The predicted molar refractivity (Wildman–Crippen MR) is 80.4 cm³/mol. The second-order valence-electron chi connectivity index (χ2n) is 6.23. The largest absolute Gasteiger partial charge is 0.490 e. The van der Waals surface area contributed by atoms with Crippen molar-refractivity contribution in [1.82, 2.24) is 5.32 Å². The van der Waals surface area contributed by atoms with E-state index in [1.165, 1.54) is 12.5 Å². The molecule has 0 spiro atoms. The van der Waals surface area contributed by atoms with Crippen LogP contribution in [0.15, 0.2) is 18.2 Å². The summed E-state index contributed by atoms with van der Waals surface area (Å²) < 4.78 is 19.7. The van der Waals surface area contributed by atoms with Crippen LogP contribution in [0.5, 0.6) is 5.75 Å². The number of hydrogen-bond acceptors (Lipinski definition) is 2. The minimum absolute atomic E-state index is 0.215. The highest BCUT2D eigenvalue weighted by atomic mass is 19.1. The molecule has 1 aromatic carbocycles. The lowest BCUT2D eigenvalue weighted by molar-refractivity contribution is 0.101. The molecule has 1 aromatic rings. The van der Waals surface area contributed by atoms with Gasteiger partial charge in [0.25, 0.3) is 0 Å². The fourth-order valence-electron chi connectivity index (χ4n) is 3.22. The van der Waals surface area contributed by atoms with E-state index in [4.69, 9.17) is 4.74 Å². The average Bonchev–Trinajstić information content (AvgIpc) is 2.34. The van der Waals surface area contributed by atoms with Gasteiger partial charge in [-0.1, -0.05) is 20.8 Å². The molecule has 0 amide bonds. The summed E-state index contributed by atoms with van der Waals surface area (Å²) in [6.07, 6.45) is 3.64. The molecule has 1 saturated carbocycles. The van der Waals surface area contributed by atoms with Crippen LogP contribution in [0, 0.1) is 17.7 Å². The van der Waals surface area contributed by atoms with Gasteiger partial charge in [0.2, 0.25) is 0 Å². The Morgan fingerprint density at radius 1 is 1.15 bits per heavy atom. The molecule has 2 atom stereocenters. The molecule has 20 heavy (non-hydrogen) atoms. The maximum atomic E-state index is 13.7. The first-order chi connectivity index (χ1) is 9.56. The summed E-state index contributed by atoms with van der Waals surface area (Å²) in [6, 6.07) is 5.02. The summed E-state index contributed by atoms with van der Waals surface area (Å²) in [5.41, 5.74) is 0.943. The topological polar surface area (TPSA) is 21.3 Å². The predicted octanol–water partition coefficient (Wildman–Crippen LogP) is 4.14. The molecule has 0 radical (unpaired) electrons. The molecule has 2 unspecified atom stereocenters. The molecule has 0 bridgehead atoms. The molecule has 1 aliphatic rings. The van der Waals surface area contributed by atoms with Gasteiger partial charge in [-0.05, 0) is 55.3 Å². The Hall–Kier alpha value is -1.09. The lowest BCUT2D eigenvalue weighted by atomic mass is 9.82. The zero-order valence-electron chi connectivity index (χ0n) is 12.8. The van der Waals surface area contributed by atoms with Crippen LogP contribution in [0.1, 0.15) is 45.6 Å². The van der Waals surface area contributed by atoms with E-state index in [1.54, 1.807) is 6.07 Å². The smallest absolute Gasteiger partial charge is 0.127 e. The molecule has 1 N–H and O–H groups in total. The minimum atomic E-state index is -0.215. The van der Waals surface area contributed by atoms with Crippen molar-refractivity contribution in [3.8, 4) is 5.75 Å². The van der Waals surface area contributed by atoms with Gasteiger partial charge in [0.1, 0.15) is 11.6 Å². The van der Waals surface area contributed by atoms with Crippen LogP contribution in [0.4, 0.5) is 4.39 Å². The van der Waals surface area contributed by atoms with Crippen LogP contribution in [-0.2, 0) is 6.54 Å². The van der Waals surface area contributed by atoms with Gasteiger partial charge in [-0.15, -0.1) is 0 Å². The van der Waals surface area contributed by atoms with Crippen LogP contribution in [0.3, 0.4) is 0 Å². The van der Waals surface area contributed by atoms with Gasteiger partial charge >= 0.3 is 0 Å². The van der Waals surface area contributed by atoms with Crippen molar-refractivity contribution < 1.29 is 9.13 Å². The summed E-state index contributed by atoms with van der Waals surface area (Å²) in [7, 11) is 0. The number of nitrogens with one attached hydrogen (secondary N) is 1. The Bertz CT molecular complexity index is 425. The maximum absolute atomic E-state index is 13.7. The third kappa shape index (κ3) is 4.48. The molecule has 1 fully saturated rings. The van der Waals surface area contributed by atoms with Crippen molar-refractivity contribution in [2.45, 2.75) is 52.7 Å². The van der Waals surface area contributed by atoms with E-state index >= 15 is 0 Å². The lowest BCUT2D eigenvalue weighted by Gasteiger charge is -2.31. The van der Waals surface area contributed by atoms with Crippen LogP contribution >= 0.6 is 0 Å². The zero-order chi connectivity index (χ0) is 14.5. The monoisotopic (exact) mass is 279 g/mol. The minimum Gasteiger partial charge on any atom is -0.490 e. The standard InChI is InChI=1S/C17H26FNO/c1-4-19-11-14-8-15(18)10-17(9-14)20-16-6-12(2)5-13(3)7-16/h8-10,12-13,16,19H,4-7,11H2,1-3H3. The highest BCUT2D eigenvalue weighted by molar-refractivity contribution is 5.29. The highest BCUT2D eigenvalue weighted by Gasteiger charge is 2.25. The van der Waals surface area contributed by atoms with Gasteiger partial charge in [0, 0.05) is 12.6 Å². The maximum Gasteiger partial charge on any atom is 0.127 e. The normalized spacial score (nSPS) is 26.5. The van der Waals surface area contributed by atoms with E-state index in [1.807, 2.05) is 13.0 Å². The van der Waals surface area contributed by atoms with Crippen molar-refractivity contribution in [1.29, 1.82) is 0 Å². The summed E-state index contributed by atoms with van der Waals surface area (Å²) in [5, 5.41) is 3.21. The molecule has 112 valence electrons. The lowest BCUT2D eigenvalue weighted by Crippen LogP contribution is -2.28. The van der Waals surface area contributed by atoms with Crippen LogP contribution in [0.25, 0.3) is 0 Å². The molecule has 0 heterocycles. The van der Waals surface area contributed by atoms with Gasteiger partial charge < -0.3 is 10.1 Å². The second-order valence-corrected chi connectivity index (χ2v) is 6.23. The number of rotatable bonds is 5. The molecular formula is C17H26FNO. The Balaban J connectivity index is 2.02. The van der Waals surface area contributed by atoms with E-state index < -0.39 is 0 Å². The summed E-state index contributed by atoms with van der Waals surface area (Å²) in [4.78, 5) is 0. The van der Waals surface area contributed by atoms with E-state index in [-0.39, 0.29) is 11.9 Å². The summed E-state index contributed by atoms with van der Waals surface area (Å²) in [6.45, 7) is 8.15. The third-order valence-electron chi connectivity index (χ3n) is 3.95. The molecule has 2 rings (SSSR count). The quantitative estimate of drug-likeness (QED) is 0.874. The van der Waals surface area contributed by atoms with Crippen molar-refractivity contribution in [2.24, 2.45) is 11.8 Å². The van der Waals surface area contributed by atoms with Gasteiger partial charge in [0.15, 0.2) is 0 Å². The molecule has 2 nitrogen and oxygen atoms in total. The summed E-state index contributed by atoms with van der Waals surface area (Å²) >= 11 is 0. The Kier molecular flexibility index (Phi) is 5.41. The Morgan fingerprint density at radius 2 is 1.85 bits per heavy atom. The Morgan fingerprint density at radius 3 is 2.50 bits per heavy atom. The Labute approximate surface area is 121 Å². The molecule has 1 aliphatic carbocycles. The number of halogens is 1. The SMILES string of the molecule is CCNCc1cc(F)cc(OC2CC(C)CC(C)C2)c1. The fraction of sp³-hybridized carbons (Fsp3) is 0.647. The van der Waals surface area contributed by atoms with Crippen molar-refractivity contribution >= 4 is 0 Å². The van der Waals surface area contributed by atoms with E-state index in [0.717, 1.165) is 24.9 Å². The second kappa shape index (κ2) is 7.07. The first kappa shape index (κ1) is 15.3. The third-order valence-corrected chi connectivity index (χ3v) is 3.95. The van der Waals surface area contributed by atoms with E-state index in [2.05, 4.69) is 19.2 Å². The van der Waals surface area contributed by atoms with Crippen LogP contribution in [0.2, 0.25) is 0 Å². The number of benzene rings is 1. The molecule has 0 aromatic heterocycles. The van der Waals surface area contributed by atoms with Crippen LogP contribution in [-0.4, -0.2) is 12.6 Å². The van der Waals surface area contributed by atoms with Gasteiger partial charge in [0.05, 0.1) is 6.10 Å². The van der Waals surface area contributed by atoms with E-state index in [9.17, 15) is 4.39 Å². The highest BCUT2D eigenvalue weighted by Crippen LogP contribution is 2.31. The number of ether oxygens (including phenoxy) is 1. The molecule has 3 heteroatoms. The van der Waals surface area contributed by atoms with Crippen molar-refractivity contribution in [2.75, 3.05) is 6.54 Å². The molecule has 0 saturated heterocycles. The van der Waals surface area contributed by atoms with Gasteiger partial charge in [-0.25, -0.2) is 4.39 Å². The average molecular weight is 279 g/mol. The fourth-order valence-corrected chi connectivity index (χ4v) is 3.22. The molecular weight excluding hydrogens is 253 g/mol.